The summed E-state index contributed by atoms with van der Waals surface area (Å²) in [6.07, 6.45) is 3.84. The monoisotopic (exact) mass is 294 g/mol. The minimum absolute atomic E-state index is 0.129. The number of hydrogen-bond acceptors (Lipinski definition) is 3. The zero-order valence-corrected chi connectivity index (χ0v) is 12.4. The van der Waals surface area contributed by atoms with E-state index in [0.29, 0.717) is 13.0 Å². The fraction of sp³-hybridized carbons (Fsp3) is 0.562. The van der Waals surface area contributed by atoms with Crippen LogP contribution in [0.5, 0.6) is 5.75 Å². The van der Waals surface area contributed by atoms with Crippen molar-refractivity contribution >= 4 is 5.91 Å². The first kappa shape index (κ1) is 15.8. The Morgan fingerprint density at radius 3 is 2.71 bits per heavy atom. The maximum Gasteiger partial charge on any atom is 0.240 e. The summed E-state index contributed by atoms with van der Waals surface area (Å²) in [4.78, 5) is 12.1. The van der Waals surface area contributed by atoms with Crippen LogP contribution in [0, 0.1) is 5.82 Å². The van der Waals surface area contributed by atoms with Crippen molar-refractivity contribution in [2.24, 2.45) is 5.73 Å². The molecule has 1 amide bonds. The topological polar surface area (TPSA) is 64.4 Å². The minimum Gasteiger partial charge on any atom is -0.486 e. The van der Waals surface area contributed by atoms with Gasteiger partial charge in [0, 0.05) is 0 Å². The Labute approximate surface area is 124 Å². The van der Waals surface area contributed by atoms with Gasteiger partial charge in [0.1, 0.15) is 6.10 Å². The van der Waals surface area contributed by atoms with E-state index in [9.17, 15) is 9.18 Å². The first-order chi connectivity index (χ1) is 10.0. The number of carbonyl (C=O) groups excluding carboxylic acids is 1. The van der Waals surface area contributed by atoms with Gasteiger partial charge in [-0.1, -0.05) is 31.9 Å². The lowest BCUT2D eigenvalue weighted by Crippen LogP contribution is -2.53. The van der Waals surface area contributed by atoms with E-state index >= 15 is 0 Å². The van der Waals surface area contributed by atoms with Crippen molar-refractivity contribution in [2.45, 2.75) is 50.7 Å². The number of amides is 1. The molecule has 21 heavy (non-hydrogen) atoms. The SMILES string of the molecule is CCC(CNC(=O)C1(N)CCCC1)Oc1ccccc1F. The molecule has 0 heterocycles. The van der Waals surface area contributed by atoms with Gasteiger partial charge in [-0.2, -0.15) is 0 Å². The van der Waals surface area contributed by atoms with Crippen molar-refractivity contribution in [3.8, 4) is 5.75 Å². The van der Waals surface area contributed by atoms with Gasteiger partial charge in [-0.15, -0.1) is 0 Å². The molecular formula is C16H23FN2O2. The highest BCUT2D eigenvalue weighted by molar-refractivity contribution is 5.86. The second-order valence-electron chi connectivity index (χ2n) is 5.65. The smallest absolute Gasteiger partial charge is 0.240 e. The quantitative estimate of drug-likeness (QED) is 0.846. The largest absolute Gasteiger partial charge is 0.486 e. The molecule has 1 unspecified atom stereocenters. The van der Waals surface area contributed by atoms with Crippen molar-refractivity contribution in [1.29, 1.82) is 0 Å². The molecule has 0 radical (unpaired) electrons. The molecule has 0 aliphatic heterocycles. The Kier molecular flexibility index (Phi) is 5.17. The third-order valence-corrected chi connectivity index (χ3v) is 4.02. The van der Waals surface area contributed by atoms with Gasteiger partial charge in [0.15, 0.2) is 11.6 Å². The Bertz CT molecular complexity index is 487. The molecule has 4 nitrogen and oxygen atoms in total. The van der Waals surface area contributed by atoms with Crippen LogP contribution in [0.25, 0.3) is 0 Å². The van der Waals surface area contributed by atoms with E-state index in [2.05, 4.69) is 5.32 Å². The highest BCUT2D eigenvalue weighted by Crippen LogP contribution is 2.27. The summed E-state index contributed by atoms with van der Waals surface area (Å²) in [5.41, 5.74) is 5.35. The Balaban J connectivity index is 1.88. The van der Waals surface area contributed by atoms with Crippen LogP contribution in [0.3, 0.4) is 0 Å². The normalized spacial score (nSPS) is 18.2. The number of nitrogens with one attached hydrogen (secondary N) is 1. The number of carbonyl (C=O) groups is 1. The van der Waals surface area contributed by atoms with Gasteiger partial charge in [-0.3, -0.25) is 4.79 Å². The number of nitrogens with two attached hydrogens (primary N) is 1. The standard InChI is InChI=1S/C16H23FN2O2/c1-2-12(21-14-8-4-3-7-13(14)17)11-19-15(20)16(18)9-5-6-10-16/h3-4,7-8,12H,2,5-6,9-11,18H2,1H3,(H,19,20). The van der Waals surface area contributed by atoms with Crippen LogP contribution in [0.15, 0.2) is 24.3 Å². The molecule has 5 heteroatoms. The first-order valence-electron chi connectivity index (χ1n) is 7.53. The maximum atomic E-state index is 13.6. The van der Waals surface area contributed by atoms with Crippen molar-refractivity contribution in [3.05, 3.63) is 30.1 Å². The van der Waals surface area contributed by atoms with Crippen LogP contribution >= 0.6 is 0 Å². The molecule has 0 bridgehead atoms. The molecule has 1 atom stereocenters. The average Bonchev–Trinajstić information content (AvgIpc) is 2.93. The molecule has 1 aliphatic carbocycles. The zero-order chi connectivity index (χ0) is 15.3. The van der Waals surface area contributed by atoms with Gasteiger partial charge in [-0.05, 0) is 31.4 Å². The molecule has 1 aliphatic rings. The van der Waals surface area contributed by atoms with E-state index in [1.165, 1.54) is 6.07 Å². The second-order valence-corrected chi connectivity index (χ2v) is 5.65. The third-order valence-electron chi connectivity index (χ3n) is 4.02. The van der Waals surface area contributed by atoms with Gasteiger partial charge in [0.25, 0.3) is 0 Å². The number of rotatable bonds is 6. The van der Waals surface area contributed by atoms with Crippen LogP contribution in [0.4, 0.5) is 4.39 Å². The summed E-state index contributed by atoms with van der Waals surface area (Å²) in [5.74, 6) is -0.314. The Hall–Kier alpha value is -1.62. The van der Waals surface area contributed by atoms with Gasteiger partial charge in [0.2, 0.25) is 5.91 Å². The zero-order valence-electron chi connectivity index (χ0n) is 12.4. The van der Waals surface area contributed by atoms with Crippen molar-refractivity contribution < 1.29 is 13.9 Å². The maximum absolute atomic E-state index is 13.6. The van der Waals surface area contributed by atoms with Crippen molar-refractivity contribution in [3.63, 3.8) is 0 Å². The first-order valence-corrected chi connectivity index (χ1v) is 7.53. The van der Waals surface area contributed by atoms with E-state index in [-0.39, 0.29) is 17.8 Å². The molecule has 0 saturated heterocycles. The lowest BCUT2D eigenvalue weighted by molar-refractivity contribution is -0.126. The Morgan fingerprint density at radius 2 is 2.10 bits per heavy atom. The molecule has 1 saturated carbocycles. The molecule has 0 spiro atoms. The van der Waals surface area contributed by atoms with E-state index in [1.807, 2.05) is 6.92 Å². The summed E-state index contributed by atoms with van der Waals surface area (Å²) < 4.78 is 19.2. The fourth-order valence-electron chi connectivity index (χ4n) is 2.60. The second kappa shape index (κ2) is 6.89. The minimum atomic E-state index is -0.740. The van der Waals surface area contributed by atoms with Crippen LogP contribution in [-0.4, -0.2) is 24.1 Å². The molecule has 3 N–H and O–H groups in total. The predicted octanol–water partition coefficient (Wildman–Crippen LogP) is 2.37. The summed E-state index contributed by atoms with van der Waals surface area (Å²) >= 11 is 0. The Morgan fingerprint density at radius 1 is 1.43 bits per heavy atom. The summed E-state index contributed by atoms with van der Waals surface area (Å²) in [6, 6.07) is 6.27. The van der Waals surface area contributed by atoms with Crippen molar-refractivity contribution in [2.75, 3.05) is 6.54 Å². The lowest BCUT2D eigenvalue weighted by atomic mass is 9.98. The van der Waals surface area contributed by atoms with E-state index < -0.39 is 11.4 Å². The van der Waals surface area contributed by atoms with Crippen LogP contribution in [-0.2, 0) is 4.79 Å². The van der Waals surface area contributed by atoms with Crippen molar-refractivity contribution in [1.82, 2.24) is 5.32 Å². The van der Waals surface area contributed by atoms with Gasteiger partial charge >= 0.3 is 0 Å². The summed E-state index contributed by atoms with van der Waals surface area (Å²) in [7, 11) is 0. The summed E-state index contributed by atoms with van der Waals surface area (Å²) in [5, 5.41) is 2.84. The lowest BCUT2D eigenvalue weighted by Gasteiger charge is -2.24. The summed E-state index contributed by atoms with van der Waals surface area (Å²) in [6.45, 7) is 2.27. The van der Waals surface area contributed by atoms with Crippen LogP contribution in [0.2, 0.25) is 0 Å². The van der Waals surface area contributed by atoms with Gasteiger partial charge in [-0.25, -0.2) is 4.39 Å². The number of hydrogen-bond donors (Lipinski definition) is 2. The fourth-order valence-corrected chi connectivity index (χ4v) is 2.60. The average molecular weight is 294 g/mol. The highest BCUT2D eigenvalue weighted by Gasteiger charge is 2.36. The highest BCUT2D eigenvalue weighted by atomic mass is 19.1. The van der Waals surface area contributed by atoms with E-state index in [4.69, 9.17) is 10.5 Å². The third kappa shape index (κ3) is 3.94. The molecule has 116 valence electrons. The molecule has 0 aromatic heterocycles. The van der Waals surface area contributed by atoms with E-state index in [0.717, 1.165) is 25.7 Å². The molecule has 1 aromatic carbocycles. The van der Waals surface area contributed by atoms with E-state index in [1.54, 1.807) is 18.2 Å². The number of halogens is 1. The van der Waals surface area contributed by atoms with Crippen LogP contribution < -0.4 is 15.8 Å². The number of benzene rings is 1. The molecule has 2 rings (SSSR count). The van der Waals surface area contributed by atoms with Gasteiger partial charge in [0.05, 0.1) is 12.1 Å². The van der Waals surface area contributed by atoms with Gasteiger partial charge < -0.3 is 15.8 Å². The number of para-hydroxylation sites is 1. The molecule has 1 fully saturated rings. The number of ether oxygens (including phenoxy) is 1. The van der Waals surface area contributed by atoms with Crippen LogP contribution in [0.1, 0.15) is 39.0 Å². The molecular weight excluding hydrogens is 271 g/mol. The predicted molar refractivity (Wildman–Crippen MR) is 79.5 cm³/mol. The molecule has 1 aromatic rings.